The van der Waals surface area contributed by atoms with E-state index in [1.807, 2.05) is 0 Å². The number of carbonyl (C=O) groups excluding carboxylic acids is 3. The molecule has 200 valence electrons. The summed E-state index contributed by atoms with van der Waals surface area (Å²) in [6, 6.07) is 3.04. The van der Waals surface area contributed by atoms with Crippen LogP contribution in [0.25, 0.3) is 0 Å². The Morgan fingerprint density at radius 1 is 0.861 bits per heavy atom. The van der Waals surface area contributed by atoms with E-state index in [9.17, 15) is 39.3 Å². The van der Waals surface area contributed by atoms with Crippen LogP contribution < -0.4 is 27.4 Å². The summed E-state index contributed by atoms with van der Waals surface area (Å²) in [5.41, 5.74) is 11.7. The maximum absolute atomic E-state index is 13.1. The lowest BCUT2D eigenvalue weighted by Gasteiger charge is -2.25. The summed E-state index contributed by atoms with van der Waals surface area (Å²) in [5.74, 6) is -5.45. The zero-order chi connectivity index (χ0) is 27.3. The molecule has 0 aliphatic heterocycles. The Bertz CT molecular complexity index is 896. The van der Waals surface area contributed by atoms with Crippen molar-refractivity contribution in [2.45, 2.75) is 69.3 Å². The normalized spacial score (nSPS) is 15.0. The first-order valence-electron chi connectivity index (χ1n) is 11.5. The summed E-state index contributed by atoms with van der Waals surface area (Å²) in [5, 5.41) is 35.2. The van der Waals surface area contributed by atoms with Gasteiger partial charge >= 0.3 is 11.9 Å². The Morgan fingerprint density at radius 3 is 1.94 bits per heavy atom. The first kappa shape index (κ1) is 30.5. The maximum atomic E-state index is 13.1. The molecule has 1 rings (SSSR count). The van der Waals surface area contributed by atoms with E-state index in [-0.39, 0.29) is 12.8 Å². The highest BCUT2D eigenvalue weighted by Gasteiger charge is 2.32. The molecule has 0 saturated carbocycles. The summed E-state index contributed by atoms with van der Waals surface area (Å²) in [6.45, 7) is 1.64. The Balaban J connectivity index is 3.07. The zero-order valence-electron chi connectivity index (χ0n) is 20.1. The van der Waals surface area contributed by atoms with Crippen LogP contribution in [0.1, 0.15) is 38.2 Å². The van der Waals surface area contributed by atoms with Crippen LogP contribution in [0.3, 0.4) is 0 Å². The van der Waals surface area contributed by atoms with Crippen molar-refractivity contribution in [1.29, 1.82) is 0 Å². The van der Waals surface area contributed by atoms with Gasteiger partial charge in [0.2, 0.25) is 17.7 Å². The van der Waals surface area contributed by atoms with Gasteiger partial charge in [0.15, 0.2) is 0 Å². The fourth-order valence-corrected chi connectivity index (χ4v) is 3.22. The molecule has 0 saturated heterocycles. The third-order valence-electron chi connectivity index (χ3n) is 5.31. The summed E-state index contributed by atoms with van der Waals surface area (Å²) in [6.07, 6.45) is -1.04. The molecule has 13 nitrogen and oxygen atoms in total. The average Bonchev–Trinajstić information content (AvgIpc) is 2.82. The lowest BCUT2D eigenvalue weighted by molar-refractivity contribution is -0.143. The molecule has 0 aliphatic rings. The lowest BCUT2D eigenvalue weighted by atomic mass is 10.0. The summed E-state index contributed by atoms with van der Waals surface area (Å²) >= 11 is 0. The summed E-state index contributed by atoms with van der Waals surface area (Å²) in [4.78, 5) is 61.1. The van der Waals surface area contributed by atoms with Crippen LogP contribution in [-0.2, 0) is 30.4 Å². The summed E-state index contributed by atoms with van der Waals surface area (Å²) in [7, 11) is 0. The molecule has 0 heterocycles. The molecular weight excluding hydrogens is 474 g/mol. The molecule has 0 spiro atoms. The number of aliphatic hydroxyl groups is 1. The molecule has 1 aromatic rings. The molecule has 13 heteroatoms. The number of carbonyl (C=O) groups is 5. The minimum absolute atomic E-state index is 0.0246. The number of carboxylic acids is 2. The Morgan fingerprint density at radius 2 is 1.42 bits per heavy atom. The van der Waals surface area contributed by atoms with Crippen LogP contribution in [0.5, 0.6) is 0 Å². The third kappa shape index (κ3) is 10.8. The average molecular weight is 510 g/mol. The molecule has 0 aliphatic carbocycles. The Hall–Kier alpha value is -3.55. The van der Waals surface area contributed by atoms with E-state index in [0.717, 1.165) is 0 Å². The van der Waals surface area contributed by atoms with E-state index in [0.29, 0.717) is 24.9 Å². The van der Waals surface area contributed by atoms with Gasteiger partial charge in [-0.1, -0.05) is 30.3 Å². The number of nitrogens with two attached hydrogens (primary N) is 2. The molecule has 5 unspecified atom stereocenters. The van der Waals surface area contributed by atoms with E-state index in [1.54, 1.807) is 30.3 Å². The minimum atomic E-state index is -1.62. The van der Waals surface area contributed by atoms with Gasteiger partial charge in [-0.15, -0.1) is 0 Å². The van der Waals surface area contributed by atoms with Gasteiger partial charge in [0.05, 0.1) is 12.5 Å². The number of aliphatic hydroxyl groups excluding tert-OH is 1. The first-order valence-corrected chi connectivity index (χ1v) is 11.5. The molecule has 36 heavy (non-hydrogen) atoms. The molecular formula is C23H35N5O8. The van der Waals surface area contributed by atoms with Gasteiger partial charge in [0.1, 0.15) is 24.2 Å². The monoisotopic (exact) mass is 509 g/mol. The number of carboxylic acid groups (broad SMARTS) is 2. The van der Waals surface area contributed by atoms with Gasteiger partial charge < -0.3 is 42.7 Å². The highest BCUT2D eigenvalue weighted by Crippen LogP contribution is 2.07. The Labute approximate surface area is 208 Å². The van der Waals surface area contributed by atoms with Crippen LogP contribution in [0.4, 0.5) is 0 Å². The number of hydrogen-bond donors (Lipinski definition) is 8. The second-order valence-electron chi connectivity index (χ2n) is 8.36. The van der Waals surface area contributed by atoms with Crippen LogP contribution in [-0.4, -0.2) is 81.8 Å². The highest BCUT2D eigenvalue weighted by molar-refractivity contribution is 5.95. The fourth-order valence-electron chi connectivity index (χ4n) is 3.22. The molecule has 0 fully saturated rings. The largest absolute Gasteiger partial charge is 0.481 e. The maximum Gasteiger partial charge on any atom is 0.326 e. The van der Waals surface area contributed by atoms with Gasteiger partial charge in [-0.25, -0.2) is 4.79 Å². The molecule has 0 aromatic heterocycles. The van der Waals surface area contributed by atoms with E-state index < -0.39 is 66.4 Å². The van der Waals surface area contributed by atoms with Gasteiger partial charge in [-0.2, -0.15) is 0 Å². The fraction of sp³-hybridized carbons (Fsp3) is 0.522. The van der Waals surface area contributed by atoms with Crippen molar-refractivity contribution >= 4 is 29.7 Å². The topological polar surface area (TPSA) is 234 Å². The lowest BCUT2D eigenvalue weighted by Crippen LogP contribution is -2.58. The van der Waals surface area contributed by atoms with Gasteiger partial charge in [0, 0.05) is 6.42 Å². The van der Waals surface area contributed by atoms with Crippen molar-refractivity contribution in [3.8, 4) is 0 Å². The number of amides is 3. The standard InChI is InChI=1S/C23H35N5O8/c1-13(29)19(25)22(34)28-16(11-14-7-3-2-4-8-14)20(32)27-17(12-18(30)31)21(33)26-15(23(35)36)9-5-6-10-24/h2-4,7-8,13,15-17,19,29H,5-6,9-12,24-25H2,1H3,(H,26,33)(H,27,32)(H,28,34)(H,30,31)(H,35,36). The molecule has 0 radical (unpaired) electrons. The molecule has 10 N–H and O–H groups in total. The number of nitrogens with one attached hydrogen (secondary N) is 3. The van der Waals surface area contributed by atoms with Crippen molar-refractivity contribution in [2.75, 3.05) is 6.54 Å². The van der Waals surface area contributed by atoms with E-state index in [2.05, 4.69) is 16.0 Å². The number of rotatable bonds is 16. The van der Waals surface area contributed by atoms with Gasteiger partial charge in [-0.3, -0.25) is 19.2 Å². The number of unbranched alkanes of at least 4 members (excludes halogenated alkanes) is 1. The van der Waals surface area contributed by atoms with Crippen LogP contribution in [0, 0.1) is 0 Å². The van der Waals surface area contributed by atoms with E-state index >= 15 is 0 Å². The quantitative estimate of drug-likeness (QED) is 0.115. The number of hydrogen-bond acceptors (Lipinski definition) is 8. The predicted molar refractivity (Wildman–Crippen MR) is 128 cm³/mol. The number of aliphatic carboxylic acids is 2. The Kier molecular flexibility index (Phi) is 13.1. The van der Waals surface area contributed by atoms with Crippen LogP contribution in [0.2, 0.25) is 0 Å². The van der Waals surface area contributed by atoms with Gasteiger partial charge in [0.25, 0.3) is 0 Å². The summed E-state index contributed by atoms with van der Waals surface area (Å²) < 4.78 is 0. The molecule has 5 atom stereocenters. The SMILES string of the molecule is CC(O)C(N)C(=O)NC(Cc1ccccc1)C(=O)NC(CC(=O)O)C(=O)NC(CCCCN)C(=O)O. The van der Waals surface area contributed by atoms with Crippen molar-refractivity contribution in [2.24, 2.45) is 11.5 Å². The van der Waals surface area contributed by atoms with Crippen LogP contribution in [0.15, 0.2) is 30.3 Å². The van der Waals surface area contributed by atoms with E-state index in [1.165, 1.54) is 6.92 Å². The second kappa shape index (κ2) is 15.4. The van der Waals surface area contributed by atoms with Crippen molar-refractivity contribution in [3.63, 3.8) is 0 Å². The van der Waals surface area contributed by atoms with Crippen molar-refractivity contribution in [1.82, 2.24) is 16.0 Å². The number of benzene rings is 1. The van der Waals surface area contributed by atoms with Crippen LogP contribution >= 0.6 is 0 Å². The zero-order valence-corrected chi connectivity index (χ0v) is 20.1. The van der Waals surface area contributed by atoms with Crippen molar-refractivity contribution < 1.29 is 39.3 Å². The third-order valence-corrected chi connectivity index (χ3v) is 5.31. The highest BCUT2D eigenvalue weighted by atomic mass is 16.4. The minimum Gasteiger partial charge on any atom is -0.481 e. The van der Waals surface area contributed by atoms with E-state index in [4.69, 9.17) is 11.5 Å². The second-order valence-corrected chi connectivity index (χ2v) is 8.36. The molecule has 0 bridgehead atoms. The smallest absolute Gasteiger partial charge is 0.326 e. The first-order chi connectivity index (χ1) is 17.0. The van der Waals surface area contributed by atoms with Crippen molar-refractivity contribution in [3.05, 3.63) is 35.9 Å². The van der Waals surface area contributed by atoms with Gasteiger partial charge in [-0.05, 0) is 38.3 Å². The molecule has 3 amide bonds. The predicted octanol–water partition coefficient (Wildman–Crippen LogP) is -1.92. The molecule has 1 aromatic carbocycles.